The number of rotatable bonds is 3. The second-order valence-electron chi connectivity index (χ2n) is 7.08. The lowest BCUT2D eigenvalue weighted by molar-refractivity contribution is 0.177. The maximum absolute atomic E-state index is 6.45. The molecule has 18 heavy (non-hydrogen) atoms. The van der Waals surface area contributed by atoms with Crippen molar-refractivity contribution in [3.8, 4) is 0 Å². The second kappa shape index (κ2) is 5.50. The zero-order valence-electron chi connectivity index (χ0n) is 12.0. The summed E-state index contributed by atoms with van der Waals surface area (Å²) in [5, 5.41) is 0. The van der Waals surface area contributed by atoms with Crippen LogP contribution in [0.1, 0.15) is 51.9 Å². The van der Waals surface area contributed by atoms with E-state index in [4.69, 9.17) is 5.73 Å². The fourth-order valence-electron chi connectivity index (χ4n) is 4.84. The monoisotopic (exact) mass is 250 g/mol. The third-order valence-electron chi connectivity index (χ3n) is 6.14. The summed E-state index contributed by atoms with van der Waals surface area (Å²) >= 11 is 0. The summed E-state index contributed by atoms with van der Waals surface area (Å²) in [6, 6.07) is 0.522. The predicted molar refractivity (Wildman–Crippen MR) is 76.4 cm³/mol. The van der Waals surface area contributed by atoms with Crippen LogP contribution >= 0.6 is 0 Å². The topological polar surface area (TPSA) is 29.3 Å². The molecular weight excluding hydrogens is 220 g/mol. The molecule has 0 aromatic heterocycles. The van der Waals surface area contributed by atoms with Gasteiger partial charge in [0.25, 0.3) is 0 Å². The van der Waals surface area contributed by atoms with Crippen molar-refractivity contribution in [3.05, 3.63) is 0 Å². The molecule has 5 atom stereocenters. The molecular formula is C16H30N2. The lowest BCUT2D eigenvalue weighted by Gasteiger charge is -2.33. The highest BCUT2D eigenvalue weighted by Crippen LogP contribution is 2.47. The lowest BCUT2D eigenvalue weighted by atomic mass is 9.84. The SMILES string of the molecule is CCC1CCCN(CC2C3CCC(C3)C2N)CC1. The van der Waals surface area contributed by atoms with Gasteiger partial charge in [-0.1, -0.05) is 13.3 Å². The molecule has 1 heterocycles. The Kier molecular flexibility index (Phi) is 3.95. The Balaban J connectivity index is 1.53. The Morgan fingerprint density at radius 1 is 1.06 bits per heavy atom. The summed E-state index contributed by atoms with van der Waals surface area (Å²) in [6.45, 7) is 6.32. The van der Waals surface area contributed by atoms with Crippen LogP contribution in [0.2, 0.25) is 0 Å². The Hall–Kier alpha value is -0.0800. The van der Waals surface area contributed by atoms with E-state index < -0.39 is 0 Å². The van der Waals surface area contributed by atoms with Gasteiger partial charge in [-0.2, -0.15) is 0 Å². The van der Waals surface area contributed by atoms with E-state index >= 15 is 0 Å². The molecule has 2 N–H and O–H groups in total. The molecule has 1 saturated heterocycles. The van der Waals surface area contributed by atoms with Crippen LogP contribution in [0.4, 0.5) is 0 Å². The summed E-state index contributed by atoms with van der Waals surface area (Å²) < 4.78 is 0. The van der Waals surface area contributed by atoms with E-state index in [9.17, 15) is 0 Å². The number of nitrogens with zero attached hydrogens (tertiary/aromatic N) is 1. The first-order valence-electron chi connectivity index (χ1n) is 8.26. The summed E-state index contributed by atoms with van der Waals surface area (Å²) in [5.74, 6) is 3.65. The van der Waals surface area contributed by atoms with Crippen LogP contribution in [0.5, 0.6) is 0 Å². The highest BCUT2D eigenvalue weighted by atomic mass is 15.1. The normalized spacial score (nSPS) is 45.3. The van der Waals surface area contributed by atoms with Gasteiger partial charge in [0.2, 0.25) is 0 Å². The largest absolute Gasteiger partial charge is 0.327 e. The molecule has 0 spiro atoms. The van der Waals surface area contributed by atoms with Gasteiger partial charge in [0.1, 0.15) is 0 Å². The van der Waals surface area contributed by atoms with Gasteiger partial charge in [0.05, 0.1) is 0 Å². The third kappa shape index (κ3) is 2.46. The molecule has 0 aromatic rings. The zero-order chi connectivity index (χ0) is 12.5. The van der Waals surface area contributed by atoms with Crippen molar-refractivity contribution >= 4 is 0 Å². The average Bonchev–Trinajstić information content (AvgIpc) is 2.88. The maximum atomic E-state index is 6.45. The minimum Gasteiger partial charge on any atom is -0.327 e. The zero-order valence-corrected chi connectivity index (χ0v) is 12.0. The highest BCUT2D eigenvalue weighted by molar-refractivity contribution is 4.99. The van der Waals surface area contributed by atoms with Crippen LogP contribution in [0.3, 0.4) is 0 Å². The van der Waals surface area contributed by atoms with E-state index in [2.05, 4.69) is 11.8 Å². The molecule has 104 valence electrons. The summed E-state index contributed by atoms with van der Waals surface area (Å²) in [6.07, 6.45) is 9.99. The Morgan fingerprint density at radius 3 is 2.61 bits per heavy atom. The van der Waals surface area contributed by atoms with E-state index in [1.807, 2.05) is 0 Å². The molecule has 0 radical (unpaired) electrons. The van der Waals surface area contributed by atoms with E-state index in [0.29, 0.717) is 6.04 Å². The van der Waals surface area contributed by atoms with Gasteiger partial charge >= 0.3 is 0 Å². The van der Waals surface area contributed by atoms with Crippen molar-refractivity contribution in [1.29, 1.82) is 0 Å². The van der Waals surface area contributed by atoms with Crippen molar-refractivity contribution < 1.29 is 0 Å². The van der Waals surface area contributed by atoms with Crippen LogP contribution in [0.15, 0.2) is 0 Å². The van der Waals surface area contributed by atoms with Crippen LogP contribution in [0.25, 0.3) is 0 Å². The molecule has 2 heteroatoms. The molecule has 3 aliphatic rings. The fourth-order valence-corrected chi connectivity index (χ4v) is 4.84. The number of nitrogens with two attached hydrogens (primary N) is 1. The quantitative estimate of drug-likeness (QED) is 0.834. The lowest BCUT2D eigenvalue weighted by Crippen LogP contribution is -2.43. The van der Waals surface area contributed by atoms with E-state index in [1.54, 1.807) is 0 Å². The molecule has 2 bridgehead atoms. The first-order valence-corrected chi connectivity index (χ1v) is 8.26. The Bertz CT molecular complexity index is 276. The van der Waals surface area contributed by atoms with Crippen molar-refractivity contribution in [2.75, 3.05) is 19.6 Å². The summed E-state index contributed by atoms with van der Waals surface area (Å²) in [5.41, 5.74) is 6.45. The van der Waals surface area contributed by atoms with Crippen molar-refractivity contribution in [2.45, 2.75) is 57.9 Å². The first kappa shape index (κ1) is 12.9. The third-order valence-corrected chi connectivity index (χ3v) is 6.14. The van der Waals surface area contributed by atoms with Crippen LogP contribution < -0.4 is 5.73 Å². The Morgan fingerprint density at radius 2 is 1.89 bits per heavy atom. The average molecular weight is 250 g/mol. The summed E-state index contributed by atoms with van der Waals surface area (Å²) in [4.78, 5) is 2.74. The minimum atomic E-state index is 0.522. The number of likely N-dealkylation sites (tertiary alicyclic amines) is 1. The first-order chi connectivity index (χ1) is 8.78. The molecule has 5 unspecified atom stereocenters. The van der Waals surface area contributed by atoms with E-state index in [-0.39, 0.29) is 0 Å². The van der Waals surface area contributed by atoms with Gasteiger partial charge in [0, 0.05) is 12.6 Å². The van der Waals surface area contributed by atoms with E-state index in [0.717, 1.165) is 23.7 Å². The van der Waals surface area contributed by atoms with Gasteiger partial charge in [-0.25, -0.2) is 0 Å². The Labute approximate surface area is 112 Å². The fraction of sp³-hybridized carbons (Fsp3) is 1.00. The van der Waals surface area contributed by atoms with Gasteiger partial charge in [-0.3, -0.25) is 0 Å². The summed E-state index contributed by atoms with van der Waals surface area (Å²) in [7, 11) is 0. The number of hydrogen-bond acceptors (Lipinski definition) is 2. The molecule has 2 saturated carbocycles. The highest BCUT2D eigenvalue weighted by Gasteiger charge is 2.45. The number of fused-ring (bicyclic) bond motifs is 2. The van der Waals surface area contributed by atoms with Gasteiger partial charge in [0.15, 0.2) is 0 Å². The smallest absolute Gasteiger partial charge is 0.0111 e. The van der Waals surface area contributed by atoms with E-state index in [1.165, 1.54) is 64.6 Å². The van der Waals surface area contributed by atoms with Crippen molar-refractivity contribution in [3.63, 3.8) is 0 Å². The van der Waals surface area contributed by atoms with Crippen LogP contribution in [-0.4, -0.2) is 30.6 Å². The van der Waals surface area contributed by atoms with Gasteiger partial charge < -0.3 is 10.6 Å². The molecule has 2 aliphatic carbocycles. The maximum Gasteiger partial charge on any atom is 0.0111 e. The number of hydrogen-bond donors (Lipinski definition) is 1. The molecule has 3 fully saturated rings. The van der Waals surface area contributed by atoms with Crippen molar-refractivity contribution in [2.24, 2.45) is 29.4 Å². The second-order valence-corrected chi connectivity index (χ2v) is 7.08. The van der Waals surface area contributed by atoms with Crippen LogP contribution in [-0.2, 0) is 0 Å². The standard InChI is InChI=1S/C16H30N2/c1-2-12-4-3-8-18(9-7-12)11-15-13-5-6-14(10-13)16(15)17/h12-16H,2-11,17H2,1H3. The molecule has 3 rings (SSSR count). The predicted octanol–water partition coefficient (Wildman–Crippen LogP) is 2.87. The van der Waals surface area contributed by atoms with Gasteiger partial charge in [-0.15, -0.1) is 0 Å². The van der Waals surface area contributed by atoms with Crippen LogP contribution in [0, 0.1) is 23.7 Å². The molecule has 0 amide bonds. The minimum absolute atomic E-state index is 0.522. The van der Waals surface area contributed by atoms with Crippen molar-refractivity contribution in [1.82, 2.24) is 4.90 Å². The van der Waals surface area contributed by atoms with Gasteiger partial charge in [-0.05, 0) is 75.3 Å². The molecule has 0 aromatic carbocycles. The molecule has 1 aliphatic heterocycles. The molecule has 2 nitrogen and oxygen atoms in total.